The van der Waals surface area contributed by atoms with E-state index in [1.165, 1.54) is 7.11 Å². The molecule has 2 amide bonds. The number of rotatable bonds is 6. The van der Waals surface area contributed by atoms with Crippen LogP contribution in [0.15, 0.2) is 36.4 Å². The second-order valence-corrected chi connectivity index (χ2v) is 5.63. The molecule has 0 aliphatic rings. The van der Waals surface area contributed by atoms with E-state index in [4.69, 9.17) is 22.1 Å². The molecule has 2 aromatic rings. The zero-order chi connectivity index (χ0) is 18.6. The van der Waals surface area contributed by atoms with Crippen LogP contribution in [0, 0.1) is 11.6 Å². The normalized spacial score (nSPS) is 11.7. The first-order valence-corrected chi connectivity index (χ1v) is 7.57. The van der Waals surface area contributed by atoms with E-state index in [2.05, 4.69) is 5.32 Å². The Balaban J connectivity index is 2.17. The summed E-state index contributed by atoms with van der Waals surface area (Å²) in [6, 6.07) is 6.25. The van der Waals surface area contributed by atoms with Gasteiger partial charge in [-0.15, -0.1) is 0 Å². The first-order chi connectivity index (χ1) is 11.8. The standard InChI is InChI=1S/C17H15ClF2N2O3/c1-25-15-5-2-9(6-12(15)18)7-14(16(21)23)22-17(24)11-4-3-10(19)8-13(11)20/h2-6,8,14H,7H2,1H3,(H2,21,23)(H,22,24)/t14-/m1/s1. The molecule has 0 aliphatic heterocycles. The van der Waals surface area contributed by atoms with Gasteiger partial charge in [-0.2, -0.15) is 0 Å². The van der Waals surface area contributed by atoms with E-state index < -0.39 is 29.5 Å². The van der Waals surface area contributed by atoms with Crippen molar-refractivity contribution in [2.75, 3.05) is 7.11 Å². The van der Waals surface area contributed by atoms with E-state index >= 15 is 0 Å². The van der Waals surface area contributed by atoms with E-state index in [0.717, 1.165) is 12.1 Å². The third-order valence-corrected chi connectivity index (χ3v) is 3.78. The van der Waals surface area contributed by atoms with Gasteiger partial charge in [0.1, 0.15) is 23.4 Å². The first kappa shape index (κ1) is 18.7. The van der Waals surface area contributed by atoms with Gasteiger partial charge in [0.15, 0.2) is 0 Å². The Morgan fingerprint density at radius 1 is 1.24 bits per heavy atom. The number of methoxy groups -OCH3 is 1. The summed E-state index contributed by atoms with van der Waals surface area (Å²) in [6.45, 7) is 0. The van der Waals surface area contributed by atoms with Gasteiger partial charge in [-0.1, -0.05) is 17.7 Å². The average Bonchev–Trinajstić information content (AvgIpc) is 2.54. The highest BCUT2D eigenvalue weighted by Crippen LogP contribution is 2.25. The van der Waals surface area contributed by atoms with Crippen LogP contribution in [0.1, 0.15) is 15.9 Å². The number of hydrogen-bond acceptors (Lipinski definition) is 3. The van der Waals surface area contributed by atoms with Crippen molar-refractivity contribution in [1.82, 2.24) is 5.32 Å². The number of nitrogens with two attached hydrogens (primary N) is 1. The van der Waals surface area contributed by atoms with Crippen LogP contribution in [0.3, 0.4) is 0 Å². The van der Waals surface area contributed by atoms with Crippen LogP contribution in [0.25, 0.3) is 0 Å². The van der Waals surface area contributed by atoms with Crippen molar-refractivity contribution in [3.8, 4) is 5.75 Å². The Bertz CT molecular complexity index is 814. The van der Waals surface area contributed by atoms with Crippen molar-refractivity contribution in [2.24, 2.45) is 5.73 Å². The molecule has 0 radical (unpaired) electrons. The molecule has 3 N–H and O–H groups in total. The molecule has 0 fully saturated rings. The number of carbonyl (C=O) groups is 2. The number of primary amides is 1. The summed E-state index contributed by atoms with van der Waals surface area (Å²) in [6.07, 6.45) is 0.0492. The van der Waals surface area contributed by atoms with E-state index in [0.29, 0.717) is 22.4 Å². The van der Waals surface area contributed by atoms with Crippen LogP contribution in [-0.4, -0.2) is 25.0 Å². The SMILES string of the molecule is COc1ccc(C[C@@H](NC(=O)c2ccc(F)cc2F)C(N)=O)cc1Cl. The van der Waals surface area contributed by atoms with Gasteiger partial charge in [-0.3, -0.25) is 9.59 Å². The number of carbonyl (C=O) groups excluding carboxylic acids is 2. The molecule has 2 aromatic carbocycles. The van der Waals surface area contributed by atoms with Crippen LogP contribution in [-0.2, 0) is 11.2 Å². The lowest BCUT2D eigenvalue weighted by Crippen LogP contribution is -2.46. The Morgan fingerprint density at radius 3 is 2.52 bits per heavy atom. The molecule has 8 heteroatoms. The molecule has 0 unspecified atom stereocenters. The van der Waals surface area contributed by atoms with Gasteiger partial charge in [0.2, 0.25) is 5.91 Å². The van der Waals surface area contributed by atoms with E-state index in [-0.39, 0.29) is 12.0 Å². The molecule has 0 spiro atoms. The highest BCUT2D eigenvalue weighted by Gasteiger charge is 2.22. The van der Waals surface area contributed by atoms with Gasteiger partial charge in [-0.05, 0) is 29.8 Å². The molecule has 25 heavy (non-hydrogen) atoms. The summed E-state index contributed by atoms with van der Waals surface area (Å²) in [4.78, 5) is 23.7. The Kier molecular flexibility index (Phi) is 5.93. The van der Waals surface area contributed by atoms with Crippen molar-refractivity contribution < 1.29 is 23.1 Å². The van der Waals surface area contributed by atoms with Crippen molar-refractivity contribution in [3.05, 3.63) is 64.2 Å². The van der Waals surface area contributed by atoms with Crippen LogP contribution >= 0.6 is 11.6 Å². The highest BCUT2D eigenvalue weighted by molar-refractivity contribution is 6.32. The second kappa shape index (κ2) is 7.94. The minimum Gasteiger partial charge on any atom is -0.495 e. The average molecular weight is 369 g/mol. The summed E-state index contributed by atoms with van der Waals surface area (Å²) in [5, 5.41) is 2.67. The fourth-order valence-corrected chi connectivity index (χ4v) is 2.49. The maximum Gasteiger partial charge on any atom is 0.254 e. The second-order valence-electron chi connectivity index (χ2n) is 5.23. The molecular formula is C17H15ClF2N2O3. The lowest BCUT2D eigenvalue weighted by molar-refractivity contribution is -0.119. The van der Waals surface area contributed by atoms with Crippen molar-refractivity contribution in [3.63, 3.8) is 0 Å². The zero-order valence-electron chi connectivity index (χ0n) is 13.2. The lowest BCUT2D eigenvalue weighted by Gasteiger charge is -2.16. The minimum absolute atomic E-state index is 0.0492. The molecule has 2 rings (SSSR count). The van der Waals surface area contributed by atoms with Gasteiger partial charge in [-0.25, -0.2) is 8.78 Å². The molecular weight excluding hydrogens is 354 g/mol. The number of amides is 2. The van der Waals surface area contributed by atoms with E-state index in [1.807, 2.05) is 0 Å². The summed E-state index contributed by atoms with van der Waals surface area (Å²) in [7, 11) is 1.46. The Hall–Kier alpha value is -2.67. The number of benzene rings is 2. The summed E-state index contributed by atoms with van der Waals surface area (Å²) < 4.78 is 31.6. The van der Waals surface area contributed by atoms with Crippen molar-refractivity contribution in [1.29, 1.82) is 0 Å². The monoisotopic (exact) mass is 368 g/mol. The number of nitrogens with one attached hydrogen (secondary N) is 1. The molecule has 132 valence electrons. The molecule has 1 atom stereocenters. The van der Waals surface area contributed by atoms with Gasteiger partial charge >= 0.3 is 0 Å². The molecule has 0 saturated heterocycles. The fraction of sp³-hybridized carbons (Fsp3) is 0.176. The van der Waals surface area contributed by atoms with Gasteiger partial charge in [0, 0.05) is 12.5 Å². The van der Waals surface area contributed by atoms with Crippen LogP contribution in [0.5, 0.6) is 5.75 Å². The van der Waals surface area contributed by atoms with Crippen molar-refractivity contribution in [2.45, 2.75) is 12.5 Å². The third-order valence-electron chi connectivity index (χ3n) is 3.48. The summed E-state index contributed by atoms with van der Waals surface area (Å²) >= 11 is 6.02. The van der Waals surface area contributed by atoms with Gasteiger partial charge in [0.25, 0.3) is 5.91 Å². The van der Waals surface area contributed by atoms with E-state index in [9.17, 15) is 18.4 Å². The zero-order valence-corrected chi connectivity index (χ0v) is 13.9. The molecule has 0 saturated carbocycles. The fourth-order valence-electron chi connectivity index (χ4n) is 2.20. The first-order valence-electron chi connectivity index (χ1n) is 7.19. The predicted molar refractivity (Wildman–Crippen MR) is 88.5 cm³/mol. The molecule has 0 aromatic heterocycles. The number of ether oxygens (including phenoxy) is 1. The topological polar surface area (TPSA) is 81.4 Å². The molecule has 5 nitrogen and oxygen atoms in total. The van der Waals surface area contributed by atoms with E-state index in [1.54, 1.807) is 18.2 Å². The smallest absolute Gasteiger partial charge is 0.254 e. The van der Waals surface area contributed by atoms with Crippen LogP contribution in [0.4, 0.5) is 8.78 Å². The maximum atomic E-state index is 13.7. The summed E-state index contributed by atoms with van der Waals surface area (Å²) in [5.41, 5.74) is 5.53. The van der Waals surface area contributed by atoms with Gasteiger partial charge in [0.05, 0.1) is 17.7 Å². The number of hydrogen-bond donors (Lipinski definition) is 2. The number of halogens is 3. The lowest BCUT2D eigenvalue weighted by atomic mass is 10.0. The predicted octanol–water partition coefficient (Wildman–Crippen LogP) is 2.45. The van der Waals surface area contributed by atoms with Crippen LogP contribution in [0.2, 0.25) is 5.02 Å². The Morgan fingerprint density at radius 2 is 1.96 bits per heavy atom. The largest absolute Gasteiger partial charge is 0.495 e. The minimum atomic E-state index is -1.10. The van der Waals surface area contributed by atoms with Crippen molar-refractivity contribution >= 4 is 23.4 Å². The Labute approximate surface area is 147 Å². The molecule has 0 heterocycles. The summed E-state index contributed by atoms with van der Waals surface area (Å²) in [5.74, 6) is -3.07. The third kappa shape index (κ3) is 4.67. The van der Waals surface area contributed by atoms with Gasteiger partial charge < -0.3 is 15.8 Å². The molecule has 0 bridgehead atoms. The highest BCUT2D eigenvalue weighted by atomic mass is 35.5. The van der Waals surface area contributed by atoms with Crippen LogP contribution < -0.4 is 15.8 Å². The quantitative estimate of drug-likeness (QED) is 0.821. The molecule has 0 aliphatic carbocycles. The maximum absolute atomic E-state index is 13.7.